The Morgan fingerprint density at radius 3 is 2.25 bits per heavy atom. The number of fused-ring (bicyclic) bond motifs is 4. The van der Waals surface area contributed by atoms with Crippen LogP contribution >= 0.6 is 0 Å². The molecule has 1 aliphatic rings. The van der Waals surface area contributed by atoms with Crippen molar-refractivity contribution in [3.8, 4) is 39.6 Å². The van der Waals surface area contributed by atoms with Gasteiger partial charge in [0.15, 0.2) is 6.20 Å². The minimum absolute atomic E-state index is 0.253. The number of pyridine rings is 1. The Hall–Kier alpha value is -4.29. The second-order valence-electron chi connectivity index (χ2n) is 10.2. The number of halogens is 1. The largest absolute Gasteiger partial charge is 0.215 e. The second-order valence-corrected chi connectivity index (χ2v) is 10.2. The summed E-state index contributed by atoms with van der Waals surface area (Å²) < 4.78 is 16.4. The molecule has 0 aliphatic heterocycles. The lowest BCUT2D eigenvalue weighted by atomic mass is 9.75. The predicted molar refractivity (Wildman–Crippen MR) is 143 cm³/mol. The number of nitrogens with zero attached hydrogens (tertiary/aromatic N) is 2. The van der Waals surface area contributed by atoms with E-state index in [1.807, 2.05) is 29.8 Å². The summed E-state index contributed by atoms with van der Waals surface area (Å²) in [4.78, 5) is 0. The number of nitriles is 1. The van der Waals surface area contributed by atoms with E-state index in [0.717, 1.165) is 50.0 Å². The molecule has 0 amide bonds. The molecule has 1 aromatic heterocycles. The second kappa shape index (κ2) is 7.86. The van der Waals surface area contributed by atoms with E-state index < -0.39 is 5.41 Å². The maximum absolute atomic E-state index is 14.4. The van der Waals surface area contributed by atoms with Crippen LogP contribution in [0.5, 0.6) is 0 Å². The molecule has 1 aliphatic carbocycles. The molecule has 5 aromatic rings. The van der Waals surface area contributed by atoms with Crippen molar-refractivity contribution in [1.29, 1.82) is 5.26 Å². The van der Waals surface area contributed by atoms with Crippen LogP contribution in [0.25, 0.3) is 44.3 Å². The number of aromatic nitrogens is 1. The minimum Gasteiger partial charge on any atom is -0.207 e. The number of aryl methyl sites for hydroxylation is 2. The van der Waals surface area contributed by atoms with Gasteiger partial charge in [0.25, 0.3) is 0 Å². The van der Waals surface area contributed by atoms with E-state index in [0.29, 0.717) is 5.56 Å². The van der Waals surface area contributed by atoms with Crippen molar-refractivity contribution in [1.82, 2.24) is 0 Å². The molecule has 6 rings (SSSR count). The van der Waals surface area contributed by atoms with Crippen molar-refractivity contribution in [2.45, 2.75) is 26.2 Å². The third-order valence-electron chi connectivity index (χ3n) is 7.69. The third kappa shape index (κ3) is 3.11. The highest BCUT2D eigenvalue weighted by Gasteiger charge is 2.42. The van der Waals surface area contributed by atoms with Crippen LogP contribution in [0.1, 0.15) is 36.1 Å². The summed E-state index contributed by atoms with van der Waals surface area (Å²) in [6, 6.07) is 28.6. The van der Waals surface area contributed by atoms with E-state index in [2.05, 4.69) is 75.4 Å². The molecule has 4 aromatic carbocycles. The molecule has 3 heteroatoms. The topological polar surface area (TPSA) is 27.7 Å². The first-order valence-corrected chi connectivity index (χ1v) is 12.2. The summed E-state index contributed by atoms with van der Waals surface area (Å²) in [5.74, 6) is -0.253. The predicted octanol–water partition coefficient (Wildman–Crippen LogP) is 7.62. The van der Waals surface area contributed by atoms with E-state index >= 15 is 0 Å². The maximum Gasteiger partial charge on any atom is 0.215 e. The third-order valence-corrected chi connectivity index (χ3v) is 7.69. The lowest BCUT2D eigenvalue weighted by molar-refractivity contribution is -0.660. The number of benzene rings is 4. The quantitative estimate of drug-likeness (QED) is 0.244. The summed E-state index contributed by atoms with van der Waals surface area (Å²) in [5.41, 5.74) is 9.89. The van der Waals surface area contributed by atoms with Gasteiger partial charge in [0.2, 0.25) is 5.69 Å². The molecule has 0 N–H and O–H groups in total. The van der Waals surface area contributed by atoms with Crippen LogP contribution < -0.4 is 4.57 Å². The van der Waals surface area contributed by atoms with Gasteiger partial charge in [0.05, 0.1) is 17.2 Å². The van der Waals surface area contributed by atoms with Gasteiger partial charge < -0.3 is 0 Å². The van der Waals surface area contributed by atoms with E-state index in [-0.39, 0.29) is 5.82 Å². The number of hydrogen-bond acceptors (Lipinski definition) is 1. The van der Waals surface area contributed by atoms with Crippen LogP contribution in [0.2, 0.25) is 0 Å². The number of rotatable bonds is 2. The molecular weight excluding hydrogens is 443 g/mol. The molecule has 0 spiro atoms. The van der Waals surface area contributed by atoms with Gasteiger partial charge in [-0.2, -0.15) is 5.26 Å². The number of hydrogen-bond donors (Lipinski definition) is 0. The van der Waals surface area contributed by atoms with Crippen molar-refractivity contribution in [2.24, 2.45) is 7.05 Å². The Kier molecular flexibility index (Phi) is 4.85. The van der Waals surface area contributed by atoms with Gasteiger partial charge >= 0.3 is 0 Å². The molecular formula is C33H26FN2+. The molecule has 2 nitrogen and oxygen atoms in total. The molecule has 36 heavy (non-hydrogen) atoms. The van der Waals surface area contributed by atoms with Gasteiger partial charge in [0.1, 0.15) is 12.9 Å². The van der Waals surface area contributed by atoms with Gasteiger partial charge in [0, 0.05) is 23.1 Å². The van der Waals surface area contributed by atoms with Crippen LogP contribution in [-0.2, 0) is 12.5 Å². The van der Waals surface area contributed by atoms with Crippen molar-refractivity contribution >= 4 is 10.8 Å². The summed E-state index contributed by atoms with van der Waals surface area (Å²) in [6.45, 7) is 6.54. The van der Waals surface area contributed by atoms with Gasteiger partial charge in [-0.05, 0) is 63.2 Å². The molecule has 0 saturated carbocycles. The zero-order chi connectivity index (χ0) is 25.2. The Morgan fingerprint density at radius 1 is 0.806 bits per heavy atom. The van der Waals surface area contributed by atoms with Gasteiger partial charge in [-0.3, -0.25) is 0 Å². The van der Waals surface area contributed by atoms with E-state index in [1.165, 1.54) is 17.0 Å². The summed E-state index contributed by atoms with van der Waals surface area (Å²) in [5, 5.41) is 12.5. The average Bonchev–Trinajstić information content (AvgIpc) is 3.11. The van der Waals surface area contributed by atoms with E-state index in [4.69, 9.17) is 0 Å². The molecule has 1 heterocycles. The van der Waals surface area contributed by atoms with E-state index in [1.54, 1.807) is 12.3 Å². The first kappa shape index (κ1) is 22.2. The Morgan fingerprint density at radius 2 is 1.50 bits per heavy atom. The maximum atomic E-state index is 14.4. The zero-order valence-corrected chi connectivity index (χ0v) is 20.9. The summed E-state index contributed by atoms with van der Waals surface area (Å²) in [7, 11) is 1.96. The fourth-order valence-electron chi connectivity index (χ4n) is 6.04. The zero-order valence-electron chi connectivity index (χ0n) is 20.9. The standard InChI is InChI=1S/C33H26FN2/c1-20-9-13-26-27-14-12-24(19-35)30(23-11-10-21-7-5-6-8-22(21)17-23)32(27)33(2,3)31(26)29(20)28-18-25(34)15-16-36(28)4/h5-18H,1-4H3/q+1. The van der Waals surface area contributed by atoms with Gasteiger partial charge in [-0.1, -0.05) is 68.4 Å². The van der Waals surface area contributed by atoms with Gasteiger partial charge in [-0.25, -0.2) is 8.96 Å². The lowest BCUT2D eigenvalue weighted by Gasteiger charge is -2.27. The Labute approximate surface area is 210 Å². The smallest absolute Gasteiger partial charge is 0.207 e. The van der Waals surface area contributed by atoms with Crippen molar-refractivity contribution in [3.05, 3.63) is 113 Å². The fraction of sp³-hybridized carbons (Fsp3) is 0.152. The summed E-state index contributed by atoms with van der Waals surface area (Å²) in [6.07, 6.45) is 1.77. The highest BCUT2D eigenvalue weighted by Crippen LogP contribution is 2.56. The first-order chi connectivity index (χ1) is 17.3. The van der Waals surface area contributed by atoms with Crippen LogP contribution in [0.4, 0.5) is 4.39 Å². The molecule has 0 bridgehead atoms. The van der Waals surface area contributed by atoms with Crippen LogP contribution in [-0.4, -0.2) is 0 Å². The van der Waals surface area contributed by atoms with Crippen molar-refractivity contribution < 1.29 is 8.96 Å². The summed E-state index contributed by atoms with van der Waals surface area (Å²) >= 11 is 0. The van der Waals surface area contributed by atoms with Crippen LogP contribution in [0.3, 0.4) is 0 Å². The Balaban J connectivity index is 1.69. The lowest BCUT2D eigenvalue weighted by Crippen LogP contribution is -2.32. The SMILES string of the molecule is Cc1ccc2c(c1-c1cc(F)cc[n+]1C)C(C)(C)c1c-2ccc(C#N)c1-c1ccc2ccccc2c1. The van der Waals surface area contributed by atoms with Crippen molar-refractivity contribution in [2.75, 3.05) is 0 Å². The highest BCUT2D eigenvalue weighted by molar-refractivity contribution is 5.96. The van der Waals surface area contributed by atoms with Gasteiger partial charge in [-0.15, -0.1) is 0 Å². The molecule has 174 valence electrons. The Bertz CT molecular complexity index is 1750. The van der Waals surface area contributed by atoms with Crippen molar-refractivity contribution in [3.63, 3.8) is 0 Å². The molecule has 0 unspecified atom stereocenters. The molecule has 0 atom stereocenters. The normalized spacial score (nSPS) is 13.3. The van der Waals surface area contributed by atoms with Crippen LogP contribution in [0.15, 0.2) is 85.1 Å². The minimum atomic E-state index is -0.404. The average molecular weight is 470 g/mol. The fourth-order valence-corrected chi connectivity index (χ4v) is 6.04. The van der Waals surface area contributed by atoms with E-state index in [9.17, 15) is 9.65 Å². The first-order valence-electron chi connectivity index (χ1n) is 12.2. The van der Waals surface area contributed by atoms with Crippen LogP contribution in [0, 0.1) is 24.1 Å². The molecule has 0 fully saturated rings. The monoisotopic (exact) mass is 469 g/mol. The molecule has 0 radical (unpaired) electrons. The highest BCUT2D eigenvalue weighted by atomic mass is 19.1. The molecule has 0 saturated heterocycles.